The highest BCUT2D eigenvalue weighted by Gasteiger charge is 2.40. The van der Waals surface area contributed by atoms with Crippen LogP contribution >= 0.6 is 15.9 Å². The molecule has 5 aromatic carbocycles. The minimum absolute atomic E-state index is 0.0880. The summed E-state index contributed by atoms with van der Waals surface area (Å²) in [5.74, 6) is -0.727. The van der Waals surface area contributed by atoms with Crippen molar-refractivity contribution in [1.82, 2.24) is 5.32 Å². The van der Waals surface area contributed by atoms with Crippen molar-refractivity contribution in [3.8, 4) is 5.75 Å². The lowest BCUT2D eigenvalue weighted by atomic mass is 9.76. The van der Waals surface area contributed by atoms with E-state index in [1.165, 1.54) is 22.9 Å². The highest BCUT2D eigenvalue weighted by molar-refractivity contribution is 9.10. The maximum absolute atomic E-state index is 14.3. The van der Waals surface area contributed by atoms with Gasteiger partial charge in [-0.1, -0.05) is 107 Å². The number of carbonyl (C=O) groups excluding carboxylic acids is 3. The molecule has 50 heavy (non-hydrogen) atoms. The molecule has 3 aliphatic heterocycles. The Morgan fingerprint density at radius 3 is 1.94 bits per heavy atom. The Morgan fingerprint density at radius 1 is 0.740 bits per heavy atom. The van der Waals surface area contributed by atoms with Crippen LogP contribution < -0.4 is 19.9 Å². The SMILES string of the molecule is O=C1NC(=O)N(c2cc3c4c(c2)[C@@H](c2ccccc2)CCN4CC[C@@H]3c2ccccc2)C(=O)/C1=C/c1ccccc1OCc1ccc(Br)cc1. The summed E-state index contributed by atoms with van der Waals surface area (Å²) < 4.78 is 7.11. The molecule has 1 fully saturated rings. The third kappa shape index (κ3) is 6.00. The Labute approximate surface area is 299 Å². The average Bonchev–Trinajstić information content (AvgIpc) is 3.14. The number of benzene rings is 5. The average molecular weight is 725 g/mol. The molecule has 1 N–H and O–H groups in total. The van der Waals surface area contributed by atoms with Crippen LogP contribution in [0.3, 0.4) is 0 Å². The Morgan fingerprint density at radius 2 is 1.32 bits per heavy atom. The molecule has 3 aliphatic rings. The topological polar surface area (TPSA) is 79.0 Å². The van der Waals surface area contributed by atoms with E-state index in [4.69, 9.17) is 4.74 Å². The second-order valence-electron chi connectivity index (χ2n) is 12.9. The number of para-hydroxylation sites is 1. The number of nitrogens with zero attached hydrogens (tertiary/aromatic N) is 2. The molecule has 8 heteroatoms. The molecule has 8 rings (SSSR count). The van der Waals surface area contributed by atoms with Crippen molar-refractivity contribution in [2.75, 3.05) is 22.9 Å². The molecule has 0 spiro atoms. The van der Waals surface area contributed by atoms with Gasteiger partial charge >= 0.3 is 6.03 Å². The van der Waals surface area contributed by atoms with E-state index in [0.29, 0.717) is 23.6 Å². The van der Waals surface area contributed by atoms with Gasteiger partial charge in [0.15, 0.2) is 0 Å². The molecule has 2 atom stereocenters. The van der Waals surface area contributed by atoms with Gasteiger partial charge in [-0.2, -0.15) is 0 Å². The van der Waals surface area contributed by atoms with Crippen LogP contribution in [0.1, 0.15) is 58.1 Å². The van der Waals surface area contributed by atoms with E-state index in [1.807, 2.05) is 60.7 Å². The van der Waals surface area contributed by atoms with Crippen molar-refractivity contribution in [3.05, 3.63) is 165 Å². The summed E-state index contributed by atoms with van der Waals surface area (Å²) in [6, 6.07) is 39.1. The highest BCUT2D eigenvalue weighted by Crippen LogP contribution is 2.50. The minimum Gasteiger partial charge on any atom is -0.488 e. The smallest absolute Gasteiger partial charge is 0.335 e. The third-order valence-corrected chi connectivity index (χ3v) is 10.4. The first kappa shape index (κ1) is 31.8. The maximum atomic E-state index is 14.3. The predicted octanol–water partition coefficient (Wildman–Crippen LogP) is 8.57. The zero-order valence-electron chi connectivity index (χ0n) is 27.2. The first-order valence-corrected chi connectivity index (χ1v) is 17.6. The van der Waals surface area contributed by atoms with Crippen molar-refractivity contribution < 1.29 is 19.1 Å². The number of hydrogen-bond acceptors (Lipinski definition) is 5. The van der Waals surface area contributed by atoms with Crippen molar-refractivity contribution >= 4 is 51.2 Å². The normalized spacial score (nSPS) is 19.3. The zero-order chi connectivity index (χ0) is 34.2. The van der Waals surface area contributed by atoms with Crippen LogP contribution in [0.15, 0.2) is 131 Å². The van der Waals surface area contributed by atoms with Crippen LogP contribution in [0.4, 0.5) is 16.2 Å². The van der Waals surface area contributed by atoms with Crippen LogP contribution in [0.5, 0.6) is 5.75 Å². The molecule has 0 bridgehead atoms. The standard InChI is InChI=1S/C42H34BrN3O4/c43-31-17-15-27(16-18-31)26-50-38-14-8-7-13-30(38)23-37-40(47)44-42(49)46(41(37)48)32-24-35-33(28-9-3-1-4-10-28)19-21-45-22-20-34(36(25-32)39(35)45)29-11-5-2-6-12-29/h1-18,23-25,33-34H,19-22,26H2,(H,44,47,49)/b37-23+/t33-,34-/m1/s1. The third-order valence-electron chi connectivity index (χ3n) is 9.89. The lowest BCUT2D eigenvalue weighted by Crippen LogP contribution is -2.54. The van der Waals surface area contributed by atoms with Gasteiger partial charge in [0.1, 0.15) is 17.9 Å². The van der Waals surface area contributed by atoms with Crippen LogP contribution in [0, 0.1) is 0 Å². The number of anilines is 2. The van der Waals surface area contributed by atoms with E-state index in [2.05, 4.69) is 74.7 Å². The summed E-state index contributed by atoms with van der Waals surface area (Å²) in [7, 11) is 0. The number of amides is 4. The molecule has 3 heterocycles. The number of urea groups is 1. The zero-order valence-corrected chi connectivity index (χ0v) is 28.8. The Kier molecular flexibility index (Phi) is 8.54. The summed E-state index contributed by atoms with van der Waals surface area (Å²) in [6.07, 6.45) is 3.34. The van der Waals surface area contributed by atoms with Crippen LogP contribution in [0.25, 0.3) is 6.08 Å². The maximum Gasteiger partial charge on any atom is 0.335 e. The van der Waals surface area contributed by atoms with Crippen molar-refractivity contribution in [1.29, 1.82) is 0 Å². The molecule has 5 aromatic rings. The van der Waals surface area contributed by atoms with Gasteiger partial charge in [0, 0.05) is 40.6 Å². The first-order valence-electron chi connectivity index (χ1n) is 16.8. The predicted molar refractivity (Wildman–Crippen MR) is 198 cm³/mol. The second-order valence-corrected chi connectivity index (χ2v) is 13.8. The number of ether oxygens (including phenoxy) is 1. The quantitative estimate of drug-likeness (QED) is 0.135. The molecular formula is C42H34BrN3O4. The monoisotopic (exact) mass is 723 g/mol. The molecule has 0 aliphatic carbocycles. The fourth-order valence-corrected chi connectivity index (χ4v) is 7.75. The molecular weight excluding hydrogens is 690 g/mol. The summed E-state index contributed by atoms with van der Waals surface area (Å²) in [4.78, 5) is 44.8. The van der Waals surface area contributed by atoms with Gasteiger partial charge in [0.25, 0.3) is 11.8 Å². The molecule has 4 amide bonds. The van der Waals surface area contributed by atoms with E-state index in [1.54, 1.807) is 12.1 Å². The van der Waals surface area contributed by atoms with E-state index in [0.717, 1.165) is 52.0 Å². The van der Waals surface area contributed by atoms with Gasteiger partial charge < -0.3 is 9.64 Å². The fraction of sp³-hybridized carbons (Fsp3) is 0.167. The summed E-state index contributed by atoms with van der Waals surface area (Å²) in [6.45, 7) is 2.15. The van der Waals surface area contributed by atoms with Gasteiger partial charge in [-0.15, -0.1) is 0 Å². The molecule has 1 saturated heterocycles. The van der Waals surface area contributed by atoms with Crippen molar-refractivity contribution in [2.24, 2.45) is 0 Å². The van der Waals surface area contributed by atoms with E-state index < -0.39 is 17.8 Å². The van der Waals surface area contributed by atoms with E-state index >= 15 is 0 Å². The van der Waals surface area contributed by atoms with Crippen LogP contribution in [-0.4, -0.2) is 30.9 Å². The van der Waals surface area contributed by atoms with Crippen molar-refractivity contribution in [2.45, 2.75) is 31.3 Å². The lowest BCUT2D eigenvalue weighted by molar-refractivity contribution is -0.122. The van der Waals surface area contributed by atoms with Gasteiger partial charge in [0.05, 0.1) is 5.69 Å². The van der Waals surface area contributed by atoms with E-state index in [9.17, 15) is 14.4 Å². The molecule has 248 valence electrons. The summed E-state index contributed by atoms with van der Waals surface area (Å²) in [5, 5.41) is 2.44. The summed E-state index contributed by atoms with van der Waals surface area (Å²) >= 11 is 3.46. The molecule has 0 saturated carbocycles. The van der Waals surface area contributed by atoms with Crippen LogP contribution in [-0.2, 0) is 16.2 Å². The van der Waals surface area contributed by atoms with Gasteiger partial charge in [-0.25, -0.2) is 9.69 Å². The number of halogens is 1. The Hall–Kier alpha value is -5.47. The minimum atomic E-state index is -0.764. The van der Waals surface area contributed by atoms with Crippen molar-refractivity contribution in [3.63, 3.8) is 0 Å². The number of carbonyl (C=O) groups is 3. The van der Waals surface area contributed by atoms with Gasteiger partial charge in [0.2, 0.25) is 0 Å². The van der Waals surface area contributed by atoms with Crippen LogP contribution in [0.2, 0.25) is 0 Å². The largest absolute Gasteiger partial charge is 0.488 e. The Balaban J connectivity index is 1.20. The fourth-order valence-electron chi connectivity index (χ4n) is 7.49. The molecule has 0 unspecified atom stereocenters. The lowest BCUT2D eigenvalue weighted by Gasteiger charge is -2.44. The van der Waals surface area contributed by atoms with Gasteiger partial charge in [-0.3, -0.25) is 14.9 Å². The summed E-state index contributed by atoms with van der Waals surface area (Å²) in [5.41, 5.74) is 7.58. The first-order chi connectivity index (χ1) is 24.4. The number of hydrogen-bond donors (Lipinski definition) is 1. The second kappa shape index (κ2) is 13.4. The molecule has 0 radical (unpaired) electrons. The number of barbiturate groups is 1. The molecule has 7 nitrogen and oxygen atoms in total. The molecule has 0 aromatic heterocycles. The van der Waals surface area contributed by atoms with E-state index in [-0.39, 0.29) is 17.4 Å². The van der Waals surface area contributed by atoms with Gasteiger partial charge in [-0.05, 0) is 77.1 Å². The Bertz CT molecular complexity index is 2060. The number of imide groups is 2. The highest BCUT2D eigenvalue weighted by atomic mass is 79.9. The number of nitrogens with one attached hydrogen (secondary N) is 1. The number of rotatable bonds is 7.